The highest BCUT2D eigenvalue weighted by atomic mass is 16.5. The molecule has 0 saturated carbocycles. The molecule has 0 spiro atoms. The Balaban J connectivity index is 1.91. The molecule has 2 heterocycles. The van der Waals surface area contributed by atoms with Gasteiger partial charge in [-0.1, -0.05) is 6.07 Å². The maximum atomic E-state index is 13.2. The van der Waals surface area contributed by atoms with Crippen LogP contribution in [0.3, 0.4) is 0 Å². The molecule has 148 valence electrons. The highest BCUT2D eigenvalue weighted by Gasteiger charge is 2.42. The molecule has 0 N–H and O–H groups in total. The third-order valence-corrected chi connectivity index (χ3v) is 5.24. The predicted molar refractivity (Wildman–Crippen MR) is 103 cm³/mol. The zero-order chi connectivity index (χ0) is 20.1. The van der Waals surface area contributed by atoms with Crippen LogP contribution < -0.4 is 14.2 Å². The molecule has 1 atom stereocenters. The van der Waals surface area contributed by atoms with Gasteiger partial charge in [-0.25, -0.2) is 0 Å². The van der Waals surface area contributed by atoms with E-state index in [0.29, 0.717) is 48.7 Å². The second kappa shape index (κ2) is 8.29. The van der Waals surface area contributed by atoms with Crippen LogP contribution in [-0.4, -0.2) is 56.5 Å². The van der Waals surface area contributed by atoms with E-state index in [1.54, 1.807) is 23.2 Å². The van der Waals surface area contributed by atoms with E-state index in [9.17, 15) is 9.59 Å². The van der Waals surface area contributed by atoms with Crippen LogP contribution in [0.1, 0.15) is 28.9 Å². The van der Waals surface area contributed by atoms with Gasteiger partial charge in [-0.3, -0.25) is 9.78 Å². The zero-order valence-electron chi connectivity index (χ0n) is 16.3. The first kappa shape index (κ1) is 19.7. The first-order chi connectivity index (χ1) is 13.6. The fourth-order valence-corrected chi connectivity index (χ4v) is 3.75. The number of ether oxygens (including phenoxy) is 3. The third kappa shape index (κ3) is 3.52. The lowest BCUT2D eigenvalue weighted by Crippen LogP contribution is -2.35. The summed E-state index contributed by atoms with van der Waals surface area (Å²) in [4.78, 5) is 30.7. The first-order valence-corrected chi connectivity index (χ1v) is 9.03. The van der Waals surface area contributed by atoms with E-state index < -0.39 is 5.41 Å². The number of hydrogen-bond donors (Lipinski definition) is 0. The van der Waals surface area contributed by atoms with Crippen molar-refractivity contribution in [3.05, 3.63) is 47.8 Å². The monoisotopic (exact) mass is 384 g/mol. The van der Waals surface area contributed by atoms with Crippen molar-refractivity contribution in [2.45, 2.75) is 18.3 Å². The highest BCUT2D eigenvalue weighted by Crippen LogP contribution is 2.40. The zero-order valence-corrected chi connectivity index (χ0v) is 16.3. The Morgan fingerprint density at radius 3 is 2.43 bits per heavy atom. The summed E-state index contributed by atoms with van der Waals surface area (Å²) in [7, 11) is 4.54. The number of benzene rings is 1. The standard InChI is InChI=1S/C21H24N2O5/c1-26-16-12-15(13-17(27-2)19(16)28-3)20(25)23-10-7-21(14-23,8-11-24)18-6-4-5-9-22-18/h4-6,9,11-13H,7-8,10,14H2,1-3H3. The summed E-state index contributed by atoms with van der Waals surface area (Å²) < 4.78 is 16.0. The summed E-state index contributed by atoms with van der Waals surface area (Å²) >= 11 is 0. The number of carbonyl (C=O) groups excluding carboxylic acids is 2. The van der Waals surface area contributed by atoms with Gasteiger partial charge in [-0.15, -0.1) is 0 Å². The topological polar surface area (TPSA) is 78.0 Å². The molecule has 7 nitrogen and oxygen atoms in total. The summed E-state index contributed by atoms with van der Waals surface area (Å²) in [5, 5.41) is 0. The molecule has 0 aliphatic carbocycles. The minimum absolute atomic E-state index is 0.150. The van der Waals surface area contributed by atoms with Gasteiger partial charge in [-0.05, 0) is 30.7 Å². The number of likely N-dealkylation sites (tertiary alicyclic amines) is 1. The number of methoxy groups -OCH3 is 3. The van der Waals surface area contributed by atoms with Gasteiger partial charge >= 0.3 is 0 Å². The molecule has 1 unspecified atom stereocenters. The van der Waals surface area contributed by atoms with Crippen molar-refractivity contribution < 1.29 is 23.8 Å². The molecule has 7 heteroatoms. The second-order valence-electron chi connectivity index (χ2n) is 6.76. The minimum atomic E-state index is -0.459. The lowest BCUT2D eigenvalue weighted by Gasteiger charge is -2.27. The van der Waals surface area contributed by atoms with Crippen molar-refractivity contribution >= 4 is 12.2 Å². The van der Waals surface area contributed by atoms with E-state index in [-0.39, 0.29) is 5.91 Å². The fourth-order valence-electron chi connectivity index (χ4n) is 3.75. The Kier molecular flexibility index (Phi) is 5.82. The number of nitrogens with zero attached hydrogens (tertiary/aromatic N) is 2. The van der Waals surface area contributed by atoms with Crippen LogP contribution in [0, 0.1) is 0 Å². The van der Waals surface area contributed by atoms with Crippen LogP contribution in [-0.2, 0) is 10.2 Å². The molecule has 2 aromatic rings. The SMILES string of the molecule is COc1cc(C(=O)N2CCC(CC=O)(c3ccccn3)C2)cc(OC)c1OC. The molecule has 1 fully saturated rings. The van der Waals surface area contributed by atoms with Crippen LogP contribution in [0.5, 0.6) is 17.2 Å². The normalized spacial score (nSPS) is 18.6. The minimum Gasteiger partial charge on any atom is -0.493 e. The molecule has 3 rings (SSSR count). The van der Waals surface area contributed by atoms with E-state index >= 15 is 0 Å². The smallest absolute Gasteiger partial charge is 0.254 e. The number of aldehydes is 1. The van der Waals surface area contributed by atoms with Crippen molar-refractivity contribution in [1.82, 2.24) is 9.88 Å². The van der Waals surface area contributed by atoms with Crippen LogP contribution in [0.2, 0.25) is 0 Å². The van der Waals surface area contributed by atoms with Crippen molar-refractivity contribution in [3.63, 3.8) is 0 Å². The second-order valence-corrected chi connectivity index (χ2v) is 6.76. The molecule has 1 aromatic heterocycles. The lowest BCUT2D eigenvalue weighted by atomic mass is 9.80. The predicted octanol–water partition coefficient (Wildman–Crippen LogP) is 2.48. The Morgan fingerprint density at radius 2 is 1.89 bits per heavy atom. The molecular weight excluding hydrogens is 360 g/mol. The van der Waals surface area contributed by atoms with Crippen LogP contribution >= 0.6 is 0 Å². The third-order valence-electron chi connectivity index (χ3n) is 5.24. The summed E-state index contributed by atoms with van der Waals surface area (Å²) in [6.07, 6.45) is 3.62. The quantitative estimate of drug-likeness (QED) is 0.683. The molecule has 1 saturated heterocycles. The van der Waals surface area contributed by atoms with Gasteiger partial charge in [0.2, 0.25) is 5.75 Å². The largest absolute Gasteiger partial charge is 0.493 e. The van der Waals surface area contributed by atoms with Crippen molar-refractivity contribution in [2.24, 2.45) is 0 Å². The Labute approximate surface area is 164 Å². The molecule has 1 aliphatic heterocycles. The van der Waals surface area contributed by atoms with Gasteiger partial charge in [0.25, 0.3) is 5.91 Å². The molecule has 28 heavy (non-hydrogen) atoms. The highest BCUT2D eigenvalue weighted by molar-refractivity contribution is 5.96. The molecular formula is C21H24N2O5. The summed E-state index contributed by atoms with van der Waals surface area (Å²) in [6.45, 7) is 0.970. The van der Waals surface area contributed by atoms with Gasteiger partial charge in [0.15, 0.2) is 11.5 Å². The number of amides is 1. The van der Waals surface area contributed by atoms with E-state index in [1.807, 2.05) is 18.2 Å². The summed E-state index contributed by atoms with van der Waals surface area (Å²) in [5.74, 6) is 1.14. The molecule has 1 aliphatic rings. The van der Waals surface area contributed by atoms with Gasteiger partial charge in [0.1, 0.15) is 6.29 Å². The Hall–Kier alpha value is -3.09. The van der Waals surface area contributed by atoms with Gasteiger partial charge in [0.05, 0.1) is 21.3 Å². The van der Waals surface area contributed by atoms with E-state index in [2.05, 4.69) is 4.98 Å². The molecule has 1 amide bonds. The Bertz CT molecular complexity index is 830. The maximum absolute atomic E-state index is 13.2. The van der Waals surface area contributed by atoms with Crippen molar-refractivity contribution in [3.8, 4) is 17.2 Å². The average molecular weight is 384 g/mol. The molecule has 0 bridgehead atoms. The summed E-state index contributed by atoms with van der Waals surface area (Å²) in [6, 6.07) is 8.94. The number of hydrogen-bond acceptors (Lipinski definition) is 6. The van der Waals surface area contributed by atoms with Gasteiger partial charge in [-0.2, -0.15) is 0 Å². The first-order valence-electron chi connectivity index (χ1n) is 9.03. The molecule has 1 aromatic carbocycles. The lowest BCUT2D eigenvalue weighted by molar-refractivity contribution is -0.108. The number of aromatic nitrogens is 1. The summed E-state index contributed by atoms with van der Waals surface area (Å²) in [5.41, 5.74) is 0.818. The van der Waals surface area contributed by atoms with Crippen LogP contribution in [0.4, 0.5) is 0 Å². The van der Waals surface area contributed by atoms with E-state index in [4.69, 9.17) is 14.2 Å². The number of pyridine rings is 1. The van der Waals surface area contributed by atoms with Gasteiger partial charge in [0, 0.05) is 42.4 Å². The van der Waals surface area contributed by atoms with Gasteiger partial charge < -0.3 is 23.9 Å². The molecule has 0 radical (unpaired) electrons. The number of carbonyl (C=O) groups is 2. The fraction of sp³-hybridized carbons (Fsp3) is 0.381. The van der Waals surface area contributed by atoms with Crippen molar-refractivity contribution in [1.29, 1.82) is 0 Å². The Morgan fingerprint density at radius 1 is 1.18 bits per heavy atom. The number of rotatable bonds is 7. The van der Waals surface area contributed by atoms with Crippen LogP contribution in [0.15, 0.2) is 36.5 Å². The van der Waals surface area contributed by atoms with Crippen molar-refractivity contribution in [2.75, 3.05) is 34.4 Å². The van der Waals surface area contributed by atoms with E-state index in [0.717, 1.165) is 12.0 Å². The maximum Gasteiger partial charge on any atom is 0.254 e. The van der Waals surface area contributed by atoms with E-state index in [1.165, 1.54) is 21.3 Å². The average Bonchev–Trinajstić information content (AvgIpc) is 3.18. The van der Waals surface area contributed by atoms with Crippen LogP contribution in [0.25, 0.3) is 0 Å².